The number of benzene rings is 1. The maximum atomic E-state index is 6.08. The number of piperazine rings is 1. The van der Waals surface area contributed by atoms with E-state index in [1.54, 1.807) is 6.21 Å². The minimum absolute atomic E-state index is 0.126. The molecule has 0 atom stereocenters. The average Bonchev–Trinajstić information content (AvgIpc) is 3.02. The lowest BCUT2D eigenvalue weighted by atomic mass is 10.2. The van der Waals surface area contributed by atoms with Gasteiger partial charge in [0.25, 0.3) is 0 Å². The fourth-order valence-electron chi connectivity index (χ4n) is 2.77. The van der Waals surface area contributed by atoms with Crippen molar-refractivity contribution in [3.63, 3.8) is 0 Å². The number of nitrogens with two attached hydrogens (primary N) is 1. The summed E-state index contributed by atoms with van der Waals surface area (Å²) in [5.74, 6) is 1.57. The van der Waals surface area contributed by atoms with Gasteiger partial charge in [0.1, 0.15) is 11.5 Å². The Hall–Kier alpha value is -2.09. The maximum absolute atomic E-state index is 6.08. The van der Waals surface area contributed by atoms with Crippen molar-refractivity contribution in [1.82, 2.24) is 10.3 Å². The number of nitrogens with one attached hydrogen (secondary N) is 1. The summed E-state index contributed by atoms with van der Waals surface area (Å²) in [6.45, 7) is 4.65. The summed E-state index contributed by atoms with van der Waals surface area (Å²) in [5.41, 5.74) is 8.98. The molecule has 2 aromatic rings. The van der Waals surface area contributed by atoms with E-state index in [1.165, 1.54) is 5.69 Å². The first-order valence-electron chi connectivity index (χ1n) is 8.00. The molecule has 3 rings (SSSR count). The van der Waals surface area contributed by atoms with Gasteiger partial charge in [-0.1, -0.05) is 17.7 Å². The highest BCUT2D eigenvalue weighted by atomic mass is 35.5. The second-order valence-corrected chi connectivity index (χ2v) is 6.66. The highest BCUT2D eigenvalue weighted by Gasteiger charge is 2.18. The third-order valence-electron chi connectivity index (χ3n) is 3.97. The van der Waals surface area contributed by atoms with Crippen molar-refractivity contribution in [3.05, 3.63) is 52.9 Å². The number of hydrogen-bond acceptors (Lipinski definition) is 5. The van der Waals surface area contributed by atoms with Gasteiger partial charge in [-0.25, -0.2) is 0 Å². The second-order valence-electron chi connectivity index (χ2n) is 5.78. The summed E-state index contributed by atoms with van der Waals surface area (Å²) in [5, 5.41) is 4.78. The van der Waals surface area contributed by atoms with Gasteiger partial charge in [0.2, 0.25) is 0 Å². The molecular weight excluding hydrogens is 358 g/mol. The third kappa shape index (κ3) is 5.19. The van der Waals surface area contributed by atoms with Crippen molar-refractivity contribution >= 4 is 40.8 Å². The van der Waals surface area contributed by atoms with E-state index in [-0.39, 0.29) is 5.11 Å². The smallest absolute Gasteiger partial charge is 0.184 e. The molecule has 0 amide bonds. The molecule has 0 saturated carbocycles. The monoisotopic (exact) mass is 377 g/mol. The zero-order valence-corrected chi connectivity index (χ0v) is 15.3. The number of hydrazone groups is 1. The molecule has 1 saturated heterocycles. The Kier molecular flexibility index (Phi) is 5.91. The molecule has 1 aliphatic rings. The van der Waals surface area contributed by atoms with Crippen LogP contribution in [-0.4, -0.2) is 42.4 Å². The van der Waals surface area contributed by atoms with E-state index in [4.69, 9.17) is 21.8 Å². The molecular formula is C17H20ClN5OS. The Morgan fingerprint density at radius 2 is 2.08 bits per heavy atom. The molecule has 0 unspecified atom stereocenters. The Labute approximate surface area is 157 Å². The van der Waals surface area contributed by atoms with Gasteiger partial charge in [-0.05, 0) is 42.5 Å². The van der Waals surface area contributed by atoms with Crippen LogP contribution in [0.4, 0.5) is 5.69 Å². The summed E-state index contributed by atoms with van der Waals surface area (Å²) in [4.78, 5) is 4.72. The zero-order chi connectivity index (χ0) is 17.6. The number of halogens is 1. The number of thiocarbonyl (C=S) groups is 1. The lowest BCUT2D eigenvalue weighted by Crippen LogP contribution is -2.45. The first-order valence-corrected chi connectivity index (χ1v) is 8.79. The first-order chi connectivity index (χ1) is 12.1. The molecule has 0 aliphatic carbocycles. The Balaban J connectivity index is 1.50. The van der Waals surface area contributed by atoms with E-state index >= 15 is 0 Å². The van der Waals surface area contributed by atoms with Gasteiger partial charge >= 0.3 is 0 Å². The predicted molar refractivity (Wildman–Crippen MR) is 105 cm³/mol. The summed E-state index contributed by atoms with van der Waals surface area (Å²) in [7, 11) is 0. The van der Waals surface area contributed by atoms with Crippen LogP contribution < -0.4 is 16.1 Å². The van der Waals surface area contributed by atoms with Crippen molar-refractivity contribution in [1.29, 1.82) is 0 Å². The molecule has 2 heterocycles. The Bertz CT molecular complexity index is 755. The largest absolute Gasteiger partial charge is 0.459 e. The van der Waals surface area contributed by atoms with Crippen LogP contribution >= 0.6 is 23.8 Å². The lowest BCUT2D eigenvalue weighted by molar-refractivity contribution is 0.230. The van der Waals surface area contributed by atoms with Crippen LogP contribution in [0.3, 0.4) is 0 Å². The summed E-state index contributed by atoms with van der Waals surface area (Å²) in [6, 6.07) is 11.8. The minimum Gasteiger partial charge on any atom is -0.459 e. The minimum atomic E-state index is 0.126. The number of nitrogens with zero attached hydrogens (tertiary/aromatic N) is 3. The third-order valence-corrected chi connectivity index (χ3v) is 4.30. The van der Waals surface area contributed by atoms with E-state index in [2.05, 4.69) is 38.6 Å². The first kappa shape index (κ1) is 17.7. The van der Waals surface area contributed by atoms with Crippen LogP contribution in [0.15, 0.2) is 45.9 Å². The topological polar surface area (TPSA) is 70.0 Å². The quantitative estimate of drug-likeness (QED) is 0.474. The van der Waals surface area contributed by atoms with Crippen LogP contribution in [0.25, 0.3) is 0 Å². The van der Waals surface area contributed by atoms with Crippen molar-refractivity contribution in [2.24, 2.45) is 10.8 Å². The van der Waals surface area contributed by atoms with Gasteiger partial charge in [0.15, 0.2) is 5.11 Å². The van der Waals surface area contributed by atoms with Gasteiger partial charge < -0.3 is 15.1 Å². The molecule has 1 aromatic heterocycles. The molecule has 8 heteroatoms. The van der Waals surface area contributed by atoms with E-state index in [9.17, 15) is 0 Å². The summed E-state index contributed by atoms with van der Waals surface area (Å²) in [6.07, 6.45) is 1.56. The number of anilines is 1. The summed E-state index contributed by atoms with van der Waals surface area (Å²) >= 11 is 10.8. The molecule has 6 nitrogen and oxygen atoms in total. The average molecular weight is 378 g/mol. The van der Waals surface area contributed by atoms with Crippen molar-refractivity contribution in [2.75, 3.05) is 31.1 Å². The normalized spacial score (nSPS) is 15.6. The fraction of sp³-hybridized carbons (Fsp3) is 0.294. The lowest BCUT2D eigenvalue weighted by Gasteiger charge is -2.35. The van der Waals surface area contributed by atoms with E-state index in [1.807, 2.05) is 30.3 Å². The number of hydrogen-bond donors (Lipinski definition) is 2. The molecule has 1 fully saturated rings. The Morgan fingerprint density at radius 1 is 1.28 bits per heavy atom. The second kappa shape index (κ2) is 8.33. The molecule has 0 radical (unpaired) electrons. The van der Waals surface area contributed by atoms with E-state index < -0.39 is 0 Å². The van der Waals surface area contributed by atoms with E-state index in [0.717, 1.165) is 43.5 Å². The van der Waals surface area contributed by atoms with Crippen molar-refractivity contribution in [2.45, 2.75) is 6.54 Å². The predicted octanol–water partition coefficient (Wildman–Crippen LogP) is 2.42. The SMILES string of the molecule is NC(=S)N/N=C/c1ccc(CN2CCN(c3cccc(Cl)c3)CC2)o1. The molecule has 25 heavy (non-hydrogen) atoms. The van der Waals surface area contributed by atoms with Gasteiger partial charge in [0.05, 0.1) is 12.8 Å². The van der Waals surface area contributed by atoms with Crippen LogP contribution in [0.5, 0.6) is 0 Å². The molecule has 1 aromatic carbocycles. The van der Waals surface area contributed by atoms with Gasteiger partial charge in [-0.15, -0.1) is 0 Å². The number of furan rings is 1. The molecule has 0 bridgehead atoms. The van der Waals surface area contributed by atoms with Crippen LogP contribution in [-0.2, 0) is 6.54 Å². The van der Waals surface area contributed by atoms with Crippen LogP contribution in [0.1, 0.15) is 11.5 Å². The number of rotatable bonds is 5. The highest BCUT2D eigenvalue weighted by Crippen LogP contribution is 2.21. The van der Waals surface area contributed by atoms with Crippen molar-refractivity contribution in [3.8, 4) is 0 Å². The van der Waals surface area contributed by atoms with Gasteiger partial charge in [-0.3, -0.25) is 10.3 Å². The molecule has 0 spiro atoms. The van der Waals surface area contributed by atoms with Crippen molar-refractivity contribution < 1.29 is 4.42 Å². The maximum Gasteiger partial charge on any atom is 0.184 e. The van der Waals surface area contributed by atoms with Crippen LogP contribution in [0.2, 0.25) is 5.02 Å². The molecule has 1 aliphatic heterocycles. The molecule has 3 N–H and O–H groups in total. The molecule has 132 valence electrons. The van der Waals surface area contributed by atoms with E-state index in [0.29, 0.717) is 5.76 Å². The highest BCUT2D eigenvalue weighted by molar-refractivity contribution is 7.80. The van der Waals surface area contributed by atoms with Gasteiger partial charge in [-0.2, -0.15) is 5.10 Å². The Morgan fingerprint density at radius 3 is 2.80 bits per heavy atom. The van der Waals surface area contributed by atoms with Gasteiger partial charge in [0, 0.05) is 36.9 Å². The zero-order valence-electron chi connectivity index (χ0n) is 13.7. The van der Waals surface area contributed by atoms with Crippen LogP contribution in [0, 0.1) is 0 Å². The standard InChI is InChI=1S/C17H20ClN5OS/c18-13-2-1-3-14(10-13)23-8-6-22(7-9-23)12-16-5-4-15(24-16)11-20-21-17(19)25/h1-5,10-11H,6-9,12H2,(H3,19,21,25)/b20-11+. The fourth-order valence-corrected chi connectivity index (χ4v) is 3.00. The summed E-state index contributed by atoms with van der Waals surface area (Å²) < 4.78 is 5.75.